The standard InChI is InChI=1S/C10H8ClIN4S/c11-7-3-1-2-6(9(7)12)4-14-16-10-15-8(13)5-17-10/h1-5H,13H2,(H,15,16). The zero-order valence-electron chi connectivity index (χ0n) is 8.52. The molecule has 0 saturated heterocycles. The first-order valence-electron chi connectivity index (χ1n) is 4.61. The molecule has 0 amide bonds. The molecule has 0 aliphatic rings. The molecule has 1 aromatic carbocycles. The van der Waals surface area contributed by atoms with Crippen molar-refractivity contribution in [3.8, 4) is 0 Å². The van der Waals surface area contributed by atoms with Crippen molar-refractivity contribution in [3.05, 3.63) is 37.7 Å². The van der Waals surface area contributed by atoms with Gasteiger partial charge in [-0.2, -0.15) is 5.10 Å². The Hall–Kier alpha value is -0.860. The van der Waals surface area contributed by atoms with Gasteiger partial charge in [-0.05, 0) is 28.7 Å². The highest BCUT2D eigenvalue weighted by Gasteiger charge is 2.01. The number of nitrogens with two attached hydrogens (primary N) is 1. The number of nitrogen functional groups attached to an aromatic ring is 1. The van der Waals surface area contributed by atoms with Crippen molar-refractivity contribution in [2.75, 3.05) is 11.2 Å². The maximum absolute atomic E-state index is 6.00. The van der Waals surface area contributed by atoms with E-state index in [1.165, 1.54) is 11.3 Å². The van der Waals surface area contributed by atoms with Gasteiger partial charge in [-0.1, -0.05) is 23.7 Å². The van der Waals surface area contributed by atoms with Gasteiger partial charge in [0.15, 0.2) is 0 Å². The average Bonchev–Trinajstić information content (AvgIpc) is 2.70. The van der Waals surface area contributed by atoms with Gasteiger partial charge >= 0.3 is 0 Å². The van der Waals surface area contributed by atoms with Crippen molar-refractivity contribution in [1.29, 1.82) is 0 Å². The van der Waals surface area contributed by atoms with Crippen LogP contribution >= 0.6 is 45.5 Å². The average molecular weight is 379 g/mol. The summed E-state index contributed by atoms with van der Waals surface area (Å²) < 4.78 is 0.968. The van der Waals surface area contributed by atoms with E-state index >= 15 is 0 Å². The number of nitrogens with zero attached hydrogens (tertiary/aromatic N) is 2. The van der Waals surface area contributed by atoms with E-state index in [0.29, 0.717) is 16.0 Å². The fourth-order valence-electron chi connectivity index (χ4n) is 1.11. The summed E-state index contributed by atoms with van der Waals surface area (Å²) in [4.78, 5) is 4.03. The van der Waals surface area contributed by atoms with E-state index in [4.69, 9.17) is 17.3 Å². The summed E-state index contributed by atoms with van der Waals surface area (Å²) in [5, 5.41) is 7.21. The third-order valence-electron chi connectivity index (χ3n) is 1.87. The third-order valence-corrected chi connectivity index (χ3v) is 4.47. The monoisotopic (exact) mass is 378 g/mol. The van der Waals surface area contributed by atoms with Crippen LogP contribution < -0.4 is 11.2 Å². The predicted octanol–water partition coefficient (Wildman–Crippen LogP) is 3.43. The van der Waals surface area contributed by atoms with Gasteiger partial charge < -0.3 is 5.73 Å². The maximum Gasteiger partial charge on any atom is 0.205 e. The largest absolute Gasteiger partial charge is 0.383 e. The number of aromatic nitrogens is 1. The zero-order chi connectivity index (χ0) is 12.3. The molecule has 3 N–H and O–H groups in total. The first kappa shape index (κ1) is 12.6. The lowest BCUT2D eigenvalue weighted by Gasteiger charge is -1.99. The molecule has 1 heterocycles. The van der Waals surface area contributed by atoms with E-state index in [1.54, 1.807) is 11.6 Å². The van der Waals surface area contributed by atoms with E-state index in [2.05, 4.69) is 38.1 Å². The summed E-state index contributed by atoms with van der Waals surface area (Å²) in [6.45, 7) is 0. The second kappa shape index (κ2) is 5.65. The fourth-order valence-corrected chi connectivity index (χ4v) is 2.34. The lowest BCUT2D eigenvalue weighted by Crippen LogP contribution is -1.93. The Morgan fingerprint density at radius 2 is 2.35 bits per heavy atom. The number of thiazole rings is 1. The van der Waals surface area contributed by atoms with Crippen LogP contribution in [-0.4, -0.2) is 11.2 Å². The molecule has 4 nitrogen and oxygen atoms in total. The summed E-state index contributed by atoms with van der Waals surface area (Å²) >= 11 is 9.58. The topological polar surface area (TPSA) is 63.3 Å². The smallest absolute Gasteiger partial charge is 0.205 e. The third kappa shape index (κ3) is 3.30. The number of hydrazone groups is 1. The quantitative estimate of drug-likeness (QED) is 0.489. The number of anilines is 2. The minimum atomic E-state index is 0.491. The molecule has 17 heavy (non-hydrogen) atoms. The molecule has 7 heteroatoms. The Kier molecular flexibility index (Phi) is 4.19. The van der Waals surface area contributed by atoms with Crippen LogP contribution in [0.25, 0.3) is 0 Å². The van der Waals surface area contributed by atoms with Gasteiger partial charge in [-0.15, -0.1) is 11.3 Å². The molecule has 0 radical (unpaired) electrons. The minimum absolute atomic E-state index is 0.491. The minimum Gasteiger partial charge on any atom is -0.383 e. The van der Waals surface area contributed by atoms with E-state index < -0.39 is 0 Å². The van der Waals surface area contributed by atoms with E-state index in [0.717, 1.165) is 9.13 Å². The summed E-state index contributed by atoms with van der Waals surface area (Å²) in [5.41, 5.74) is 9.26. The Balaban J connectivity index is 2.08. The summed E-state index contributed by atoms with van der Waals surface area (Å²) in [6, 6.07) is 5.66. The summed E-state index contributed by atoms with van der Waals surface area (Å²) in [6.07, 6.45) is 1.70. The Morgan fingerprint density at radius 1 is 1.53 bits per heavy atom. The van der Waals surface area contributed by atoms with Gasteiger partial charge in [-0.25, -0.2) is 4.98 Å². The summed E-state index contributed by atoms with van der Waals surface area (Å²) in [5.74, 6) is 0.491. The van der Waals surface area contributed by atoms with Crippen LogP contribution in [-0.2, 0) is 0 Å². The molecule has 0 aliphatic carbocycles. The van der Waals surface area contributed by atoms with Crippen molar-refractivity contribution in [3.63, 3.8) is 0 Å². The van der Waals surface area contributed by atoms with Gasteiger partial charge in [-0.3, -0.25) is 5.43 Å². The van der Waals surface area contributed by atoms with E-state index in [-0.39, 0.29) is 0 Å². The molecule has 0 aliphatic heterocycles. The van der Waals surface area contributed by atoms with Crippen molar-refractivity contribution < 1.29 is 0 Å². The molecule has 0 spiro atoms. The van der Waals surface area contributed by atoms with Crippen molar-refractivity contribution in [1.82, 2.24) is 4.98 Å². The number of hydrogen-bond donors (Lipinski definition) is 2. The van der Waals surface area contributed by atoms with Gasteiger partial charge in [0.2, 0.25) is 5.13 Å². The van der Waals surface area contributed by atoms with Crippen LogP contribution in [0.5, 0.6) is 0 Å². The molecular weight excluding hydrogens is 371 g/mol. The highest BCUT2D eigenvalue weighted by atomic mass is 127. The molecule has 0 saturated carbocycles. The number of halogens is 2. The van der Waals surface area contributed by atoms with E-state index in [1.807, 2.05) is 18.2 Å². The summed E-state index contributed by atoms with van der Waals surface area (Å²) in [7, 11) is 0. The van der Waals surface area contributed by atoms with E-state index in [9.17, 15) is 0 Å². The maximum atomic E-state index is 6.00. The van der Waals surface area contributed by atoms with Crippen LogP contribution in [0, 0.1) is 3.57 Å². The van der Waals surface area contributed by atoms with Gasteiger partial charge in [0.1, 0.15) is 5.82 Å². The van der Waals surface area contributed by atoms with Crippen LogP contribution in [0.15, 0.2) is 28.7 Å². The lowest BCUT2D eigenvalue weighted by molar-refractivity contribution is 1.29. The SMILES string of the molecule is Nc1csc(NN=Cc2cccc(Cl)c2I)n1. The first-order valence-corrected chi connectivity index (χ1v) is 6.94. The number of rotatable bonds is 3. The number of hydrogen-bond acceptors (Lipinski definition) is 5. The second-order valence-electron chi connectivity index (χ2n) is 3.09. The van der Waals surface area contributed by atoms with Crippen molar-refractivity contribution >= 4 is 62.7 Å². The van der Waals surface area contributed by atoms with Crippen molar-refractivity contribution in [2.24, 2.45) is 5.10 Å². The van der Waals surface area contributed by atoms with Crippen LogP contribution in [0.4, 0.5) is 10.9 Å². The molecule has 0 bridgehead atoms. The lowest BCUT2D eigenvalue weighted by atomic mass is 10.2. The predicted molar refractivity (Wildman–Crippen MR) is 81.9 cm³/mol. The number of nitrogens with one attached hydrogen (secondary N) is 1. The highest BCUT2D eigenvalue weighted by Crippen LogP contribution is 2.21. The molecule has 0 atom stereocenters. The van der Waals surface area contributed by atoms with Crippen LogP contribution in [0.1, 0.15) is 5.56 Å². The Labute approximate surface area is 121 Å². The highest BCUT2D eigenvalue weighted by molar-refractivity contribution is 14.1. The molecule has 0 unspecified atom stereocenters. The van der Waals surface area contributed by atoms with Gasteiger partial charge in [0.05, 0.1) is 11.2 Å². The second-order valence-corrected chi connectivity index (χ2v) is 5.43. The molecular formula is C10H8ClIN4S. The van der Waals surface area contributed by atoms with Crippen LogP contribution in [0.3, 0.4) is 0 Å². The molecule has 0 fully saturated rings. The van der Waals surface area contributed by atoms with Gasteiger partial charge in [0, 0.05) is 14.5 Å². The van der Waals surface area contributed by atoms with Crippen molar-refractivity contribution in [2.45, 2.75) is 0 Å². The number of benzene rings is 1. The normalized spacial score (nSPS) is 10.9. The Morgan fingerprint density at radius 3 is 3.06 bits per heavy atom. The first-order chi connectivity index (χ1) is 8.16. The Bertz CT molecular complexity index is 555. The fraction of sp³-hybridized carbons (Fsp3) is 0. The molecule has 88 valence electrons. The zero-order valence-corrected chi connectivity index (χ0v) is 12.3. The molecule has 2 aromatic rings. The molecule has 2 rings (SSSR count). The molecule has 1 aromatic heterocycles. The van der Waals surface area contributed by atoms with Crippen LogP contribution in [0.2, 0.25) is 5.02 Å². The van der Waals surface area contributed by atoms with Gasteiger partial charge in [0.25, 0.3) is 0 Å².